The van der Waals surface area contributed by atoms with Crippen LogP contribution in [-0.2, 0) is 6.54 Å². The third-order valence-corrected chi connectivity index (χ3v) is 3.29. The summed E-state index contributed by atoms with van der Waals surface area (Å²) in [7, 11) is 0. The number of aromatic nitrogens is 2. The molecule has 1 aromatic heterocycles. The van der Waals surface area contributed by atoms with Crippen LogP contribution in [0.15, 0.2) is 12.3 Å². The Balaban J connectivity index is 2.57. The molecule has 0 aliphatic carbocycles. The zero-order chi connectivity index (χ0) is 13.6. The molecule has 0 amide bonds. The number of carbonyl (C=O) groups excluding carboxylic acids is 1. The number of Topliss-reactive ketones (excluding diaryl/α,β-unsaturated/α-hetero) is 1. The Morgan fingerprint density at radius 1 is 1.44 bits per heavy atom. The van der Waals surface area contributed by atoms with Gasteiger partial charge in [-0.1, -0.05) is 20.8 Å². The second kappa shape index (κ2) is 6.69. The van der Waals surface area contributed by atoms with E-state index in [9.17, 15) is 4.79 Å². The maximum Gasteiger partial charge on any atom is 0.180 e. The summed E-state index contributed by atoms with van der Waals surface area (Å²) in [6, 6.07) is 1.81. The van der Waals surface area contributed by atoms with Gasteiger partial charge in [0.25, 0.3) is 0 Å². The SMILES string of the molecule is CCCn1nccc1C(=O)CCC(C)(C)CCN. The van der Waals surface area contributed by atoms with Gasteiger partial charge in [0.05, 0.1) is 0 Å². The van der Waals surface area contributed by atoms with Crippen LogP contribution in [0.3, 0.4) is 0 Å². The number of carbonyl (C=O) groups is 1. The summed E-state index contributed by atoms with van der Waals surface area (Å²) in [6.07, 6.45) is 5.09. The lowest BCUT2D eigenvalue weighted by atomic mass is 9.83. The van der Waals surface area contributed by atoms with E-state index in [0.29, 0.717) is 13.0 Å². The van der Waals surface area contributed by atoms with Gasteiger partial charge in [-0.2, -0.15) is 5.10 Å². The van der Waals surface area contributed by atoms with Crippen molar-refractivity contribution in [1.82, 2.24) is 9.78 Å². The van der Waals surface area contributed by atoms with E-state index in [1.807, 2.05) is 6.07 Å². The first-order chi connectivity index (χ1) is 8.50. The van der Waals surface area contributed by atoms with E-state index < -0.39 is 0 Å². The van der Waals surface area contributed by atoms with E-state index in [1.54, 1.807) is 10.9 Å². The molecule has 0 atom stereocenters. The molecule has 2 N–H and O–H groups in total. The van der Waals surface area contributed by atoms with Crippen molar-refractivity contribution in [2.75, 3.05) is 6.54 Å². The monoisotopic (exact) mass is 251 g/mol. The van der Waals surface area contributed by atoms with Crippen molar-refractivity contribution in [2.45, 2.75) is 53.0 Å². The highest BCUT2D eigenvalue weighted by molar-refractivity contribution is 5.94. The lowest BCUT2D eigenvalue weighted by Crippen LogP contribution is -2.19. The highest BCUT2D eigenvalue weighted by Crippen LogP contribution is 2.26. The molecule has 102 valence electrons. The van der Waals surface area contributed by atoms with Crippen LogP contribution < -0.4 is 5.73 Å². The molecule has 0 bridgehead atoms. The molecular weight excluding hydrogens is 226 g/mol. The lowest BCUT2D eigenvalue weighted by molar-refractivity contribution is 0.0951. The standard InChI is InChI=1S/C14H25N3O/c1-4-11-17-12(6-10-16-17)13(18)5-7-14(2,3)8-9-15/h6,10H,4-5,7-9,11,15H2,1-3H3. The van der Waals surface area contributed by atoms with Gasteiger partial charge >= 0.3 is 0 Å². The first-order valence-electron chi connectivity index (χ1n) is 6.75. The molecule has 0 aliphatic rings. The maximum atomic E-state index is 12.2. The van der Waals surface area contributed by atoms with Gasteiger partial charge in [-0.3, -0.25) is 9.48 Å². The number of rotatable bonds is 8. The van der Waals surface area contributed by atoms with Gasteiger partial charge in [-0.05, 0) is 37.3 Å². The zero-order valence-corrected chi connectivity index (χ0v) is 11.8. The van der Waals surface area contributed by atoms with Crippen LogP contribution in [0.5, 0.6) is 0 Å². The number of hydrogen-bond donors (Lipinski definition) is 1. The van der Waals surface area contributed by atoms with Crippen molar-refractivity contribution in [3.8, 4) is 0 Å². The molecule has 0 saturated heterocycles. The fraction of sp³-hybridized carbons (Fsp3) is 0.714. The summed E-state index contributed by atoms with van der Waals surface area (Å²) >= 11 is 0. The van der Waals surface area contributed by atoms with Gasteiger partial charge in [0, 0.05) is 19.2 Å². The Bertz CT molecular complexity index is 382. The fourth-order valence-corrected chi connectivity index (χ4v) is 2.06. The van der Waals surface area contributed by atoms with E-state index in [1.165, 1.54) is 0 Å². The number of nitrogens with zero attached hydrogens (tertiary/aromatic N) is 2. The predicted octanol–water partition coefficient (Wildman–Crippen LogP) is 2.63. The summed E-state index contributed by atoms with van der Waals surface area (Å²) in [5, 5.41) is 4.18. The molecule has 1 aromatic rings. The van der Waals surface area contributed by atoms with Gasteiger partial charge in [0.1, 0.15) is 5.69 Å². The quantitative estimate of drug-likeness (QED) is 0.722. The molecular formula is C14H25N3O. The number of ketones is 1. The average molecular weight is 251 g/mol. The minimum absolute atomic E-state index is 0.139. The van der Waals surface area contributed by atoms with Crippen molar-refractivity contribution in [1.29, 1.82) is 0 Å². The van der Waals surface area contributed by atoms with Crippen molar-refractivity contribution in [3.63, 3.8) is 0 Å². The summed E-state index contributed by atoms with van der Waals surface area (Å²) in [5.74, 6) is 0.186. The van der Waals surface area contributed by atoms with Crippen molar-refractivity contribution >= 4 is 5.78 Å². The molecule has 0 radical (unpaired) electrons. The van der Waals surface area contributed by atoms with Crippen LogP contribution in [0.25, 0.3) is 0 Å². The van der Waals surface area contributed by atoms with Crippen LogP contribution in [0, 0.1) is 5.41 Å². The first-order valence-corrected chi connectivity index (χ1v) is 6.75. The average Bonchev–Trinajstić information content (AvgIpc) is 2.75. The largest absolute Gasteiger partial charge is 0.330 e. The number of nitrogens with two attached hydrogens (primary N) is 1. The molecule has 0 spiro atoms. The molecule has 4 heteroatoms. The van der Waals surface area contributed by atoms with E-state index in [0.717, 1.165) is 31.5 Å². The second-order valence-corrected chi connectivity index (χ2v) is 5.57. The second-order valence-electron chi connectivity index (χ2n) is 5.57. The summed E-state index contributed by atoms with van der Waals surface area (Å²) < 4.78 is 1.80. The Morgan fingerprint density at radius 2 is 2.17 bits per heavy atom. The Morgan fingerprint density at radius 3 is 2.78 bits per heavy atom. The van der Waals surface area contributed by atoms with Crippen LogP contribution in [0.4, 0.5) is 0 Å². The molecule has 1 heterocycles. The van der Waals surface area contributed by atoms with E-state index in [-0.39, 0.29) is 11.2 Å². The van der Waals surface area contributed by atoms with Gasteiger partial charge in [0.15, 0.2) is 5.78 Å². The first kappa shape index (κ1) is 14.9. The molecule has 0 saturated carbocycles. The smallest absolute Gasteiger partial charge is 0.180 e. The van der Waals surface area contributed by atoms with Crippen LogP contribution in [0.1, 0.15) is 56.9 Å². The van der Waals surface area contributed by atoms with E-state index >= 15 is 0 Å². The highest BCUT2D eigenvalue weighted by Gasteiger charge is 2.20. The predicted molar refractivity (Wildman–Crippen MR) is 73.5 cm³/mol. The summed E-state index contributed by atoms with van der Waals surface area (Å²) in [6.45, 7) is 7.89. The van der Waals surface area contributed by atoms with Crippen LogP contribution >= 0.6 is 0 Å². The summed E-state index contributed by atoms with van der Waals surface area (Å²) in [5.41, 5.74) is 6.46. The van der Waals surface area contributed by atoms with Gasteiger partial charge in [0.2, 0.25) is 0 Å². The van der Waals surface area contributed by atoms with E-state index in [2.05, 4.69) is 25.9 Å². The Labute approximate surface area is 110 Å². The zero-order valence-electron chi connectivity index (χ0n) is 11.8. The van der Waals surface area contributed by atoms with Gasteiger partial charge in [-0.25, -0.2) is 0 Å². The Hall–Kier alpha value is -1.16. The van der Waals surface area contributed by atoms with E-state index in [4.69, 9.17) is 5.73 Å². The maximum absolute atomic E-state index is 12.2. The minimum atomic E-state index is 0.139. The van der Waals surface area contributed by atoms with Crippen LogP contribution in [0.2, 0.25) is 0 Å². The summed E-state index contributed by atoms with van der Waals surface area (Å²) in [4.78, 5) is 12.2. The number of aryl methyl sites for hydroxylation is 1. The lowest BCUT2D eigenvalue weighted by Gasteiger charge is -2.23. The Kier molecular flexibility index (Phi) is 5.54. The molecule has 1 rings (SSSR count). The molecule has 0 fully saturated rings. The third-order valence-electron chi connectivity index (χ3n) is 3.29. The molecule has 18 heavy (non-hydrogen) atoms. The minimum Gasteiger partial charge on any atom is -0.330 e. The molecule has 0 aromatic carbocycles. The van der Waals surface area contributed by atoms with Gasteiger partial charge in [-0.15, -0.1) is 0 Å². The third kappa shape index (κ3) is 4.26. The number of hydrogen-bond acceptors (Lipinski definition) is 3. The topological polar surface area (TPSA) is 60.9 Å². The van der Waals surface area contributed by atoms with Crippen molar-refractivity contribution < 1.29 is 4.79 Å². The highest BCUT2D eigenvalue weighted by atomic mass is 16.1. The van der Waals surface area contributed by atoms with Crippen LogP contribution in [-0.4, -0.2) is 22.1 Å². The molecule has 0 unspecified atom stereocenters. The molecule has 4 nitrogen and oxygen atoms in total. The van der Waals surface area contributed by atoms with Crippen molar-refractivity contribution in [2.24, 2.45) is 11.1 Å². The molecule has 0 aliphatic heterocycles. The van der Waals surface area contributed by atoms with Gasteiger partial charge < -0.3 is 5.73 Å². The normalized spacial score (nSPS) is 11.8. The fourth-order valence-electron chi connectivity index (χ4n) is 2.06. The van der Waals surface area contributed by atoms with Crippen molar-refractivity contribution in [3.05, 3.63) is 18.0 Å².